The number of thioether (sulfide) groups is 1. The highest BCUT2D eigenvalue weighted by atomic mass is 35.5. The van der Waals surface area contributed by atoms with Crippen LogP contribution < -0.4 is 10.2 Å². The molecule has 10 heteroatoms. The van der Waals surface area contributed by atoms with Crippen LogP contribution in [0.1, 0.15) is 26.7 Å². The van der Waals surface area contributed by atoms with E-state index in [1.54, 1.807) is 10.9 Å². The van der Waals surface area contributed by atoms with Crippen molar-refractivity contribution in [2.75, 3.05) is 23.0 Å². The molecule has 150 valence electrons. The van der Waals surface area contributed by atoms with Gasteiger partial charge in [-0.25, -0.2) is 4.68 Å². The minimum atomic E-state index is -4.16. The van der Waals surface area contributed by atoms with Crippen LogP contribution in [0.5, 0.6) is 0 Å². The van der Waals surface area contributed by atoms with Gasteiger partial charge in [-0.1, -0.05) is 11.6 Å². The van der Waals surface area contributed by atoms with Crippen LogP contribution in [0.15, 0.2) is 24.5 Å². The van der Waals surface area contributed by atoms with Gasteiger partial charge in [0.1, 0.15) is 5.69 Å². The zero-order valence-corrected chi connectivity index (χ0v) is 16.7. The lowest BCUT2D eigenvalue weighted by atomic mass is 10.2. The molecule has 0 spiro atoms. The first-order valence-electron chi connectivity index (χ1n) is 8.56. The highest BCUT2D eigenvalue weighted by Gasteiger charge is 2.26. The number of aromatic nitrogens is 2. The van der Waals surface area contributed by atoms with Gasteiger partial charge in [-0.05, 0) is 32.2 Å². The predicted molar refractivity (Wildman–Crippen MR) is 104 cm³/mol. The first kappa shape index (κ1) is 21.7. The van der Waals surface area contributed by atoms with E-state index in [4.69, 9.17) is 11.6 Å². The number of hydrogen-bond donors (Lipinski definition) is 1. The lowest BCUT2D eigenvalue weighted by Gasteiger charge is -2.20. The van der Waals surface area contributed by atoms with Crippen LogP contribution in [0.4, 0.5) is 18.9 Å². The van der Waals surface area contributed by atoms with E-state index in [0.29, 0.717) is 18.0 Å². The van der Waals surface area contributed by atoms with Gasteiger partial charge >= 0.3 is 6.18 Å². The Morgan fingerprint density at radius 3 is 2.81 bits per heavy atom. The summed E-state index contributed by atoms with van der Waals surface area (Å²) < 4.78 is 38.1. The number of alkyl halides is 3. The Morgan fingerprint density at radius 2 is 2.19 bits per heavy atom. The van der Waals surface area contributed by atoms with Crippen LogP contribution in [0, 0.1) is 0 Å². The highest BCUT2D eigenvalue weighted by Crippen LogP contribution is 2.28. The molecule has 0 radical (unpaired) electrons. The first-order chi connectivity index (χ1) is 12.7. The minimum Gasteiger partial charge on any atom is -0.383 e. The summed E-state index contributed by atoms with van der Waals surface area (Å²) in [5.41, 5.74) is 1.38. The summed E-state index contributed by atoms with van der Waals surface area (Å²) in [5.74, 6) is 0.0875. The Bertz CT molecular complexity index is 718. The number of rotatable bonds is 8. The molecule has 0 saturated heterocycles. The Hall–Kier alpha value is -1.61. The number of amides is 1. The Kier molecular flexibility index (Phi) is 7.67. The molecule has 1 aliphatic rings. The third-order valence-electron chi connectivity index (χ3n) is 3.97. The largest absolute Gasteiger partial charge is 0.389 e. The molecular weight excluding hydrogens is 401 g/mol. The molecule has 0 bridgehead atoms. The fourth-order valence-electron chi connectivity index (χ4n) is 2.57. The maximum absolute atomic E-state index is 12.5. The van der Waals surface area contributed by atoms with Crippen LogP contribution in [-0.4, -0.2) is 46.0 Å². The van der Waals surface area contributed by atoms with E-state index in [9.17, 15) is 18.0 Å². The van der Waals surface area contributed by atoms with Crippen molar-refractivity contribution in [1.29, 1.82) is 0 Å². The fraction of sp³-hybridized carbons (Fsp3) is 0.529. The van der Waals surface area contributed by atoms with Crippen LogP contribution in [-0.2, 0) is 4.79 Å². The second-order valence-electron chi connectivity index (χ2n) is 5.95. The molecule has 0 saturated carbocycles. The highest BCUT2D eigenvalue weighted by molar-refractivity contribution is 7.99. The van der Waals surface area contributed by atoms with Gasteiger partial charge in [-0.3, -0.25) is 4.79 Å². The number of halogens is 4. The topological polar surface area (TPSA) is 50.2 Å². The van der Waals surface area contributed by atoms with E-state index in [-0.39, 0.29) is 29.3 Å². The number of nitrogens with one attached hydrogen (secondary N) is 1. The molecule has 2 rings (SSSR count). The molecule has 0 aliphatic carbocycles. The van der Waals surface area contributed by atoms with Crippen molar-refractivity contribution in [3.63, 3.8) is 0 Å². The molecule has 1 aromatic rings. The Balaban J connectivity index is 1.99. The average molecular weight is 423 g/mol. The molecule has 1 aromatic heterocycles. The quantitative estimate of drug-likeness (QED) is 0.634. The number of anilines is 1. The van der Waals surface area contributed by atoms with Crippen molar-refractivity contribution in [1.82, 2.24) is 15.1 Å². The maximum Gasteiger partial charge on any atom is 0.389 e. The van der Waals surface area contributed by atoms with Gasteiger partial charge in [0, 0.05) is 24.5 Å². The second-order valence-corrected chi connectivity index (χ2v) is 7.54. The summed E-state index contributed by atoms with van der Waals surface area (Å²) in [5, 5.41) is 7.65. The van der Waals surface area contributed by atoms with Gasteiger partial charge < -0.3 is 10.2 Å². The average Bonchev–Trinajstić information content (AvgIpc) is 2.96. The molecule has 1 unspecified atom stereocenters. The summed E-state index contributed by atoms with van der Waals surface area (Å²) in [6.45, 7) is 4.19. The molecular formula is C17H22ClF3N4OS. The maximum atomic E-state index is 12.5. The molecule has 2 heterocycles. The van der Waals surface area contributed by atoms with Crippen molar-refractivity contribution in [3.8, 4) is 0 Å². The summed E-state index contributed by atoms with van der Waals surface area (Å²) >= 11 is 7.36. The van der Waals surface area contributed by atoms with Crippen molar-refractivity contribution < 1.29 is 18.0 Å². The van der Waals surface area contributed by atoms with Gasteiger partial charge in [0.25, 0.3) is 0 Å². The van der Waals surface area contributed by atoms with Crippen molar-refractivity contribution in [2.24, 2.45) is 0 Å². The van der Waals surface area contributed by atoms with Gasteiger partial charge in [0.15, 0.2) is 5.15 Å². The van der Waals surface area contributed by atoms with E-state index in [1.165, 1.54) is 4.90 Å². The van der Waals surface area contributed by atoms with Crippen LogP contribution in [0.25, 0.3) is 5.70 Å². The number of allylic oxidation sites excluding steroid dienone is 2. The molecule has 5 nitrogen and oxygen atoms in total. The summed E-state index contributed by atoms with van der Waals surface area (Å²) in [6, 6.07) is 0.0367. The van der Waals surface area contributed by atoms with Crippen LogP contribution in [0.2, 0.25) is 5.15 Å². The molecule has 1 amide bonds. The van der Waals surface area contributed by atoms with Crippen molar-refractivity contribution in [3.05, 3.63) is 29.7 Å². The number of hydrogen-bond acceptors (Lipinski definition) is 4. The van der Waals surface area contributed by atoms with E-state index >= 15 is 0 Å². The smallest absolute Gasteiger partial charge is 0.383 e. The number of nitrogens with zero attached hydrogens (tertiary/aromatic N) is 3. The number of dihydropyridines is 1. The Labute approximate surface area is 165 Å². The first-order valence-corrected chi connectivity index (χ1v) is 10.1. The van der Waals surface area contributed by atoms with E-state index in [0.717, 1.165) is 17.5 Å². The van der Waals surface area contributed by atoms with Gasteiger partial charge in [-0.2, -0.15) is 30.0 Å². The van der Waals surface area contributed by atoms with E-state index in [2.05, 4.69) is 10.4 Å². The lowest BCUT2D eigenvalue weighted by Crippen LogP contribution is -2.31. The van der Waals surface area contributed by atoms with Gasteiger partial charge in [0.2, 0.25) is 5.91 Å². The summed E-state index contributed by atoms with van der Waals surface area (Å²) in [4.78, 5) is 14.0. The third-order valence-corrected chi connectivity index (χ3v) is 5.22. The number of carbonyl (C=O) groups is 1. The van der Waals surface area contributed by atoms with E-state index < -0.39 is 12.6 Å². The summed E-state index contributed by atoms with van der Waals surface area (Å²) in [6.07, 6.45) is 2.42. The molecule has 0 fully saturated rings. The fourth-order valence-corrected chi connectivity index (χ4v) is 3.70. The molecule has 1 atom stereocenters. The minimum absolute atomic E-state index is 0.0367. The SMILES string of the molecule is CCN(C(=O)CCSCCC(F)(F)F)c1cn(C2=CC=CNC2C)nc1Cl. The summed E-state index contributed by atoms with van der Waals surface area (Å²) in [7, 11) is 0. The third kappa shape index (κ3) is 6.21. The zero-order valence-electron chi connectivity index (χ0n) is 15.1. The van der Waals surface area contributed by atoms with Gasteiger partial charge in [0.05, 0.1) is 24.4 Å². The molecule has 1 N–H and O–H groups in total. The zero-order chi connectivity index (χ0) is 20.0. The lowest BCUT2D eigenvalue weighted by molar-refractivity contribution is -0.129. The molecule has 0 aromatic carbocycles. The van der Waals surface area contributed by atoms with Crippen LogP contribution in [0.3, 0.4) is 0 Å². The second kappa shape index (κ2) is 9.54. The van der Waals surface area contributed by atoms with Crippen molar-refractivity contribution >= 4 is 40.7 Å². The van der Waals surface area contributed by atoms with Crippen LogP contribution >= 0.6 is 23.4 Å². The predicted octanol–water partition coefficient (Wildman–Crippen LogP) is 4.31. The molecule has 27 heavy (non-hydrogen) atoms. The standard InChI is InChI=1S/C17H22ClF3N4OS/c1-3-24(15(26)6-9-27-10-7-17(19,20)21)14-11-25(23-16(14)18)13-5-4-8-22-12(13)2/h4-5,8,11-12,22H,3,6-7,9-10H2,1-2H3. The monoisotopic (exact) mass is 422 g/mol. The normalized spacial score (nSPS) is 16.8. The molecule has 1 aliphatic heterocycles. The van der Waals surface area contributed by atoms with Crippen molar-refractivity contribution in [2.45, 2.75) is 38.9 Å². The van der Waals surface area contributed by atoms with Gasteiger partial charge in [-0.15, -0.1) is 0 Å². The van der Waals surface area contributed by atoms with E-state index in [1.807, 2.05) is 32.2 Å². The number of carbonyl (C=O) groups excluding carboxylic acids is 1. The Morgan fingerprint density at radius 1 is 1.44 bits per heavy atom.